The molecule has 1 aliphatic carbocycles. The molecule has 0 saturated heterocycles. The molecule has 13 heavy (non-hydrogen) atoms. The van der Waals surface area contributed by atoms with Gasteiger partial charge in [-0.15, -0.1) is 0 Å². The Morgan fingerprint density at radius 1 is 1.54 bits per heavy atom. The molecule has 0 fully saturated rings. The van der Waals surface area contributed by atoms with Crippen LogP contribution >= 0.6 is 15.9 Å². The van der Waals surface area contributed by atoms with Crippen molar-refractivity contribution in [3.63, 3.8) is 0 Å². The van der Waals surface area contributed by atoms with E-state index in [0.717, 1.165) is 12.8 Å². The van der Waals surface area contributed by atoms with E-state index in [1.165, 1.54) is 0 Å². The molecule has 0 amide bonds. The Morgan fingerprint density at radius 2 is 2.08 bits per heavy atom. The maximum absolute atomic E-state index is 11.4. The Bertz CT molecular complexity index is 207. The summed E-state index contributed by atoms with van der Waals surface area (Å²) in [5.41, 5.74) is 0. The first-order valence-electron chi connectivity index (χ1n) is 4.49. The zero-order valence-electron chi connectivity index (χ0n) is 8.05. The summed E-state index contributed by atoms with van der Waals surface area (Å²) in [5, 5.41) is 0. The maximum Gasteiger partial charge on any atom is 0.309 e. The van der Waals surface area contributed by atoms with E-state index in [4.69, 9.17) is 4.74 Å². The number of halogens is 1. The van der Waals surface area contributed by atoms with E-state index < -0.39 is 0 Å². The van der Waals surface area contributed by atoms with Crippen LogP contribution in [0.15, 0.2) is 12.2 Å². The highest BCUT2D eigenvalue weighted by molar-refractivity contribution is 9.10. The van der Waals surface area contributed by atoms with Gasteiger partial charge >= 0.3 is 5.97 Å². The Hall–Kier alpha value is -0.310. The molecule has 74 valence electrons. The van der Waals surface area contributed by atoms with Gasteiger partial charge in [0.15, 0.2) is 0 Å². The molecule has 1 aliphatic rings. The fourth-order valence-corrected chi connectivity index (χ4v) is 1.28. The number of hydrogen-bond acceptors (Lipinski definition) is 2. The van der Waals surface area contributed by atoms with Gasteiger partial charge < -0.3 is 4.74 Å². The predicted molar refractivity (Wildman–Crippen MR) is 55.8 cm³/mol. The number of carbonyl (C=O) groups is 1. The molecule has 0 N–H and O–H groups in total. The zero-order chi connectivity index (χ0) is 9.90. The molecule has 0 radical (unpaired) electrons. The molecule has 0 unspecified atom stereocenters. The lowest BCUT2D eigenvalue weighted by Crippen LogP contribution is -2.24. The van der Waals surface area contributed by atoms with Crippen molar-refractivity contribution in [3.05, 3.63) is 12.2 Å². The second kappa shape index (κ2) is 4.27. The first-order valence-corrected chi connectivity index (χ1v) is 5.29. The highest BCUT2D eigenvalue weighted by Gasteiger charge is 2.23. The lowest BCUT2D eigenvalue weighted by Gasteiger charge is -2.17. The van der Waals surface area contributed by atoms with Crippen LogP contribution in [0.4, 0.5) is 0 Å². The number of esters is 1. The van der Waals surface area contributed by atoms with Crippen LogP contribution in [0.1, 0.15) is 26.7 Å². The van der Waals surface area contributed by atoms with Gasteiger partial charge in [-0.2, -0.15) is 0 Å². The Kier molecular flexibility index (Phi) is 3.54. The molecule has 0 spiro atoms. The second-order valence-electron chi connectivity index (χ2n) is 3.97. The molecule has 2 nitrogen and oxygen atoms in total. The lowest BCUT2D eigenvalue weighted by molar-refractivity contribution is -0.148. The fourth-order valence-electron chi connectivity index (χ4n) is 1.17. The number of carbonyl (C=O) groups excluding carboxylic acids is 1. The van der Waals surface area contributed by atoms with Crippen LogP contribution < -0.4 is 0 Å². The van der Waals surface area contributed by atoms with E-state index in [9.17, 15) is 4.79 Å². The van der Waals surface area contributed by atoms with Gasteiger partial charge in [0.1, 0.15) is 6.61 Å². The monoisotopic (exact) mass is 246 g/mol. The SMILES string of the molecule is CC(C)(Br)COC(=O)C1CC=CC1. The minimum absolute atomic E-state index is 0.0647. The van der Waals surface area contributed by atoms with E-state index >= 15 is 0 Å². The fraction of sp³-hybridized carbons (Fsp3) is 0.700. The van der Waals surface area contributed by atoms with Crippen molar-refractivity contribution in [1.29, 1.82) is 0 Å². The number of hydrogen-bond donors (Lipinski definition) is 0. The summed E-state index contributed by atoms with van der Waals surface area (Å²) in [7, 11) is 0. The molecule has 1 rings (SSSR count). The molecule has 0 aromatic carbocycles. The van der Waals surface area contributed by atoms with Crippen molar-refractivity contribution in [2.75, 3.05) is 6.61 Å². The Balaban J connectivity index is 2.26. The van der Waals surface area contributed by atoms with Crippen molar-refractivity contribution in [2.45, 2.75) is 31.0 Å². The predicted octanol–water partition coefficient (Wildman–Crippen LogP) is 2.67. The third-order valence-corrected chi connectivity index (χ3v) is 2.13. The Morgan fingerprint density at radius 3 is 2.54 bits per heavy atom. The second-order valence-corrected chi connectivity index (χ2v) is 6.11. The maximum atomic E-state index is 11.4. The van der Waals surface area contributed by atoms with Crippen molar-refractivity contribution >= 4 is 21.9 Å². The largest absolute Gasteiger partial charge is 0.464 e. The van der Waals surface area contributed by atoms with Crippen LogP contribution in [0, 0.1) is 5.92 Å². The average molecular weight is 247 g/mol. The summed E-state index contributed by atoms with van der Waals surface area (Å²) in [4.78, 5) is 11.4. The van der Waals surface area contributed by atoms with E-state index in [2.05, 4.69) is 15.9 Å². The van der Waals surface area contributed by atoms with E-state index in [0.29, 0.717) is 6.61 Å². The first-order chi connectivity index (χ1) is 5.99. The standard InChI is InChI=1S/C10H15BrO2/c1-10(2,11)7-13-9(12)8-5-3-4-6-8/h3-4,8H,5-7H2,1-2H3. The summed E-state index contributed by atoms with van der Waals surface area (Å²) in [6, 6.07) is 0. The van der Waals surface area contributed by atoms with Gasteiger partial charge in [-0.3, -0.25) is 4.79 Å². The molecular weight excluding hydrogens is 232 g/mol. The molecule has 0 saturated carbocycles. The average Bonchev–Trinajstić information content (AvgIpc) is 2.50. The van der Waals surface area contributed by atoms with E-state index in [1.54, 1.807) is 0 Å². The smallest absolute Gasteiger partial charge is 0.309 e. The number of ether oxygens (including phenoxy) is 1. The zero-order valence-corrected chi connectivity index (χ0v) is 9.63. The van der Waals surface area contributed by atoms with Crippen LogP contribution in [0.25, 0.3) is 0 Å². The normalized spacial score (nSPS) is 17.8. The van der Waals surface area contributed by atoms with Crippen molar-refractivity contribution in [3.8, 4) is 0 Å². The van der Waals surface area contributed by atoms with Gasteiger partial charge in [0, 0.05) is 0 Å². The summed E-state index contributed by atoms with van der Waals surface area (Å²) in [6.07, 6.45) is 5.74. The van der Waals surface area contributed by atoms with Gasteiger partial charge in [-0.05, 0) is 26.7 Å². The summed E-state index contributed by atoms with van der Waals surface area (Å²) >= 11 is 3.42. The Labute approximate surface area is 87.5 Å². The molecule has 3 heteroatoms. The minimum Gasteiger partial charge on any atom is -0.464 e. The van der Waals surface area contributed by atoms with Crippen molar-refractivity contribution < 1.29 is 9.53 Å². The molecule has 0 aliphatic heterocycles. The minimum atomic E-state index is -0.116. The summed E-state index contributed by atoms with van der Waals surface area (Å²) in [6.45, 7) is 4.39. The van der Waals surface area contributed by atoms with Crippen LogP contribution in [0.5, 0.6) is 0 Å². The first kappa shape index (κ1) is 10.8. The van der Waals surface area contributed by atoms with Gasteiger partial charge in [0.05, 0.1) is 10.2 Å². The quantitative estimate of drug-likeness (QED) is 0.435. The van der Waals surface area contributed by atoms with Crippen molar-refractivity contribution in [2.24, 2.45) is 5.92 Å². The third kappa shape index (κ3) is 3.94. The van der Waals surface area contributed by atoms with E-state index in [-0.39, 0.29) is 16.2 Å². The van der Waals surface area contributed by atoms with Crippen LogP contribution in [-0.2, 0) is 9.53 Å². The van der Waals surface area contributed by atoms with Crippen molar-refractivity contribution in [1.82, 2.24) is 0 Å². The van der Waals surface area contributed by atoms with E-state index in [1.807, 2.05) is 26.0 Å². The topological polar surface area (TPSA) is 26.3 Å². The number of rotatable bonds is 3. The lowest BCUT2D eigenvalue weighted by atomic mass is 10.1. The molecule has 0 heterocycles. The van der Waals surface area contributed by atoms with Gasteiger partial charge in [-0.25, -0.2) is 0 Å². The van der Waals surface area contributed by atoms with Gasteiger partial charge in [-0.1, -0.05) is 28.1 Å². The van der Waals surface area contributed by atoms with Crippen LogP contribution in [-0.4, -0.2) is 16.9 Å². The molecule has 0 aromatic heterocycles. The third-order valence-electron chi connectivity index (χ3n) is 1.90. The van der Waals surface area contributed by atoms with Crippen LogP contribution in [0.3, 0.4) is 0 Å². The number of alkyl halides is 1. The molecule has 0 bridgehead atoms. The number of allylic oxidation sites excluding steroid dienone is 2. The highest BCUT2D eigenvalue weighted by Crippen LogP contribution is 2.21. The van der Waals surface area contributed by atoms with Crippen LogP contribution in [0.2, 0.25) is 0 Å². The summed E-state index contributed by atoms with van der Waals surface area (Å²) in [5.74, 6) is -0.00706. The molecule has 0 aromatic rings. The molecule has 0 atom stereocenters. The highest BCUT2D eigenvalue weighted by atomic mass is 79.9. The molecular formula is C10H15BrO2. The van der Waals surface area contributed by atoms with Gasteiger partial charge in [0.2, 0.25) is 0 Å². The summed E-state index contributed by atoms with van der Waals surface area (Å²) < 4.78 is 5.05. The van der Waals surface area contributed by atoms with Gasteiger partial charge in [0.25, 0.3) is 0 Å².